The van der Waals surface area contributed by atoms with Crippen LogP contribution in [0.2, 0.25) is 10.0 Å². The Morgan fingerprint density at radius 2 is 1.66 bits per heavy atom. The number of hydrogen-bond donors (Lipinski definition) is 2. The molecule has 2 N–H and O–H groups in total. The van der Waals surface area contributed by atoms with Gasteiger partial charge >= 0.3 is 6.03 Å². The van der Waals surface area contributed by atoms with Crippen LogP contribution in [0.4, 0.5) is 14.9 Å². The van der Waals surface area contributed by atoms with Crippen LogP contribution in [0.15, 0.2) is 82.4 Å². The first-order valence-corrected chi connectivity index (χ1v) is 11.8. The molecule has 190 valence electrons. The lowest BCUT2D eigenvalue weighted by Gasteiger charge is -2.11. The van der Waals surface area contributed by atoms with Gasteiger partial charge in [-0.05, 0) is 71.4 Å². The lowest BCUT2D eigenvalue weighted by Crippen LogP contribution is -2.30. The molecule has 1 saturated heterocycles. The molecule has 38 heavy (non-hydrogen) atoms. The highest BCUT2D eigenvalue weighted by Gasteiger charge is 2.34. The van der Waals surface area contributed by atoms with Crippen LogP contribution in [0, 0.1) is 10.7 Å². The van der Waals surface area contributed by atoms with Crippen LogP contribution in [-0.4, -0.2) is 26.6 Å². The number of hydrogen-bond acceptors (Lipinski definition) is 5. The molecule has 1 aliphatic rings. The van der Waals surface area contributed by atoms with Gasteiger partial charge in [0, 0.05) is 10.6 Å². The Hall–Kier alpha value is -4.54. The Morgan fingerprint density at radius 3 is 2.32 bits per heavy atom. The second kappa shape index (κ2) is 10.1. The predicted octanol–water partition coefficient (Wildman–Crippen LogP) is 5.77. The molecule has 0 aliphatic carbocycles. The van der Waals surface area contributed by atoms with Crippen molar-refractivity contribution < 1.29 is 14.0 Å². The van der Waals surface area contributed by atoms with Crippen molar-refractivity contribution in [3.05, 3.63) is 115 Å². The van der Waals surface area contributed by atoms with Crippen LogP contribution < -0.4 is 10.9 Å². The van der Waals surface area contributed by atoms with E-state index in [-0.39, 0.29) is 34.2 Å². The van der Waals surface area contributed by atoms with Crippen LogP contribution in [0.3, 0.4) is 0 Å². The molecule has 3 aromatic carbocycles. The van der Waals surface area contributed by atoms with E-state index in [1.807, 2.05) is 0 Å². The minimum atomic E-state index is -0.690. The van der Waals surface area contributed by atoms with Gasteiger partial charge in [0.25, 0.3) is 11.5 Å². The van der Waals surface area contributed by atoms with Crippen LogP contribution in [-0.2, 0) is 11.3 Å². The highest BCUT2D eigenvalue weighted by Crippen LogP contribution is 2.32. The summed E-state index contributed by atoms with van der Waals surface area (Å²) < 4.78 is 14.5. The summed E-state index contributed by atoms with van der Waals surface area (Å²) >= 11 is 12.5. The number of carbonyl (C=O) groups is 2. The number of nitrogens with zero attached hydrogens (tertiary/aromatic N) is 3. The molecule has 1 fully saturated rings. The molecule has 1 aliphatic heterocycles. The zero-order chi connectivity index (χ0) is 27.0. The van der Waals surface area contributed by atoms with E-state index in [1.54, 1.807) is 12.1 Å². The van der Waals surface area contributed by atoms with Crippen LogP contribution in [0.5, 0.6) is 0 Å². The second-order valence-electron chi connectivity index (χ2n) is 8.28. The van der Waals surface area contributed by atoms with E-state index in [2.05, 4.69) is 15.6 Å². The standard InChI is InChI=1S/C26H16Cl2FN5O4/c27-15-3-10-19(21(28)11-15)23-20(24(35)34(31-23)18-8-6-17(32-38)7-9-18)12-22-25(36)33(26(37)30-22)13-14-1-4-16(29)5-2-14/h1-12,31H,13H2,(H,30,37)/b22-12-. The van der Waals surface area contributed by atoms with Gasteiger partial charge in [-0.2, -0.15) is 0 Å². The number of carbonyl (C=O) groups excluding carboxylic acids is 2. The largest absolute Gasteiger partial charge is 0.329 e. The lowest BCUT2D eigenvalue weighted by molar-refractivity contribution is -0.123. The number of aromatic amines is 1. The molecule has 12 heteroatoms. The topological polar surface area (TPSA) is 117 Å². The molecule has 3 amide bonds. The number of benzene rings is 3. The third-order valence-corrected chi connectivity index (χ3v) is 6.39. The number of halogens is 3. The van der Waals surface area contributed by atoms with Gasteiger partial charge in [-0.25, -0.2) is 13.9 Å². The van der Waals surface area contributed by atoms with E-state index in [9.17, 15) is 23.7 Å². The minimum Gasteiger partial charge on any atom is -0.303 e. The zero-order valence-corrected chi connectivity index (χ0v) is 20.8. The van der Waals surface area contributed by atoms with Crippen molar-refractivity contribution >= 4 is 46.9 Å². The first-order valence-electron chi connectivity index (χ1n) is 11.1. The van der Waals surface area contributed by atoms with Crippen molar-refractivity contribution in [3.63, 3.8) is 0 Å². The Kier molecular flexibility index (Phi) is 6.66. The number of H-pyrrole nitrogens is 1. The normalized spacial score (nSPS) is 14.3. The Morgan fingerprint density at radius 1 is 0.947 bits per heavy atom. The Labute approximate surface area is 224 Å². The van der Waals surface area contributed by atoms with Gasteiger partial charge in [-0.1, -0.05) is 35.3 Å². The van der Waals surface area contributed by atoms with Gasteiger partial charge in [-0.15, -0.1) is 4.91 Å². The molecule has 1 aromatic heterocycles. The third-order valence-electron chi connectivity index (χ3n) is 5.85. The fourth-order valence-corrected chi connectivity index (χ4v) is 4.46. The number of urea groups is 1. The molecular formula is C26H16Cl2FN5O4. The van der Waals surface area contributed by atoms with E-state index >= 15 is 0 Å². The van der Waals surface area contributed by atoms with E-state index < -0.39 is 23.3 Å². The number of nitroso groups, excluding NO2 is 1. The summed E-state index contributed by atoms with van der Waals surface area (Å²) in [6, 6.07) is 15.3. The van der Waals surface area contributed by atoms with Gasteiger partial charge in [-0.3, -0.25) is 19.6 Å². The van der Waals surface area contributed by atoms with Crippen molar-refractivity contribution in [2.75, 3.05) is 0 Å². The summed E-state index contributed by atoms with van der Waals surface area (Å²) in [4.78, 5) is 51.0. The minimum absolute atomic E-state index is 0.0408. The maximum absolute atomic E-state index is 13.5. The van der Waals surface area contributed by atoms with E-state index in [1.165, 1.54) is 65.4 Å². The van der Waals surface area contributed by atoms with E-state index in [4.69, 9.17) is 23.2 Å². The third kappa shape index (κ3) is 4.74. The van der Waals surface area contributed by atoms with Crippen molar-refractivity contribution in [1.82, 2.24) is 20.0 Å². The summed E-state index contributed by atoms with van der Waals surface area (Å²) in [5, 5.41) is 8.95. The first-order chi connectivity index (χ1) is 18.2. The van der Waals surface area contributed by atoms with Gasteiger partial charge < -0.3 is 5.32 Å². The molecule has 0 radical (unpaired) electrons. The van der Waals surface area contributed by atoms with Gasteiger partial charge in [0.15, 0.2) is 0 Å². The molecule has 5 rings (SSSR count). The number of rotatable bonds is 6. The molecular weight excluding hydrogens is 536 g/mol. The van der Waals surface area contributed by atoms with Crippen molar-refractivity contribution in [2.45, 2.75) is 6.54 Å². The van der Waals surface area contributed by atoms with Gasteiger partial charge in [0.05, 0.1) is 28.5 Å². The fourth-order valence-electron chi connectivity index (χ4n) is 3.96. The highest BCUT2D eigenvalue weighted by atomic mass is 35.5. The van der Waals surface area contributed by atoms with Crippen molar-refractivity contribution in [2.24, 2.45) is 5.18 Å². The van der Waals surface area contributed by atoms with Crippen LogP contribution in [0.25, 0.3) is 23.0 Å². The first kappa shape index (κ1) is 25.1. The zero-order valence-electron chi connectivity index (χ0n) is 19.2. The molecule has 4 aromatic rings. The Balaban J connectivity index is 1.59. The maximum Gasteiger partial charge on any atom is 0.329 e. The summed E-state index contributed by atoms with van der Waals surface area (Å²) in [5.41, 5.74) is 1.15. The molecule has 0 unspecified atom stereocenters. The number of aromatic nitrogens is 2. The summed E-state index contributed by atoms with van der Waals surface area (Å²) in [5.74, 6) is -1.11. The van der Waals surface area contributed by atoms with Gasteiger partial charge in [0.2, 0.25) is 0 Å². The molecule has 0 spiro atoms. The van der Waals surface area contributed by atoms with E-state index in [0.29, 0.717) is 21.8 Å². The fraction of sp³-hybridized carbons (Fsp3) is 0.0385. The average molecular weight is 552 g/mol. The van der Waals surface area contributed by atoms with Crippen LogP contribution >= 0.6 is 23.2 Å². The SMILES string of the molecule is O=Nc1ccc(-n2[nH]c(-c3ccc(Cl)cc3Cl)c(/C=C3\NC(=O)N(Cc4ccc(F)cc4)C3=O)c2=O)cc1. The molecule has 0 bridgehead atoms. The highest BCUT2D eigenvalue weighted by molar-refractivity contribution is 6.36. The lowest BCUT2D eigenvalue weighted by atomic mass is 10.1. The predicted molar refractivity (Wildman–Crippen MR) is 141 cm³/mol. The molecule has 9 nitrogen and oxygen atoms in total. The van der Waals surface area contributed by atoms with Crippen molar-refractivity contribution in [3.8, 4) is 16.9 Å². The molecule has 0 saturated carbocycles. The van der Waals surface area contributed by atoms with Crippen molar-refractivity contribution in [1.29, 1.82) is 0 Å². The number of nitrogens with one attached hydrogen (secondary N) is 2. The second-order valence-corrected chi connectivity index (χ2v) is 9.12. The number of amides is 3. The maximum atomic E-state index is 13.5. The smallest absolute Gasteiger partial charge is 0.303 e. The summed E-state index contributed by atoms with van der Waals surface area (Å²) in [6.07, 6.45) is 1.27. The van der Waals surface area contributed by atoms with Crippen LogP contribution in [0.1, 0.15) is 11.1 Å². The quantitative estimate of drug-likeness (QED) is 0.180. The molecule has 0 atom stereocenters. The summed E-state index contributed by atoms with van der Waals surface area (Å²) in [7, 11) is 0. The Bertz CT molecular complexity index is 1680. The van der Waals surface area contributed by atoms with Gasteiger partial charge in [0.1, 0.15) is 17.2 Å². The average Bonchev–Trinajstić information content (AvgIpc) is 3.36. The monoisotopic (exact) mass is 551 g/mol. The molecule has 2 heterocycles. The van der Waals surface area contributed by atoms with E-state index in [0.717, 1.165) is 4.90 Å². The summed E-state index contributed by atoms with van der Waals surface area (Å²) in [6.45, 7) is -0.0906. The number of imide groups is 1.